The molecule has 0 aliphatic carbocycles. The molecule has 0 fully saturated rings. The minimum absolute atomic E-state index is 0.0250. The quantitative estimate of drug-likeness (QED) is 0.824. The van der Waals surface area contributed by atoms with E-state index in [0.29, 0.717) is 34.6 Å². The predicted molar refractivity (Wildman–Crippen MR) is 86.5 cm³/mol. The second kappa shape index (κ2) is 7.01. The molecule has 0 aliphatic rings. The lowest BCUT2D eigenvalue weighted by molar-refractivity contribution is -0.117. The number of carbonyl (C=O) groups is 2. The van der Waals surface area contributed by atoms with Crippen LogP contribution in [0.25, 0.3) is 10.2 Å². The van der Waals surface area contributed by atoms with Gasteiger partial charge in [0.15, 0.2) is 0 Å². The zero-order chi connectivity index (χ0) is 17.1. The normalized spacial score (nSPS) is 11.1. The van der Waals surface area contributed by atoms with Gasteiger partial charge in [-0.3, -0.25) is 14.2 Å². The van der Waals surface area contributed by atoms with Crippen molar-refractivity contribution in [1.29, 1.82) is 0 Å². The summed E-state index contributed by atoms with van der Waals surface area (Å²) < 4.78 is 6.48. The minimum Gasteiger partial charge on any atom is -0.477 e. The molecule has 0 unspecified atom stereocenters. The van der Waals surface area contributed by atoms with Crippen LogP contribution in [-0.2, 0) is 22.5 Å². The van der Waals surface area contributed by atoms with E-state index in [4.69, 9.17) is 4.74 Å². The molecule has 0 aromatic carbocycles. The molecule has 2 heterocycles. The largest absolute Gasteiger partial charge is 0.477 e. The molecule has 0 aliphatic heterocycles. The van der Waals surface area contributed by atoms with Crippen LogP contribution in [0.2, 0.25) is 0 Å². The molecule has 0 spiro atoms. The van der Waals surface area contributed by atoms with Gasteiger partial charge in [0.2, 0.25) is 0 Å². The number of nitrogens with zero attached hydrogens (tertiary/aromatic N) is 2. The van der Waals surface area contributed by atoms with Gasteiger partial charge in [-0.1, -0.05) is 0 Å². The third-order valence-corrected chi connectivity index (χ3v) is 4.71. The molecular formula is C15H18N2O5S. The third-order valence-electron chi connectivity index (χ3n) is 3.54. The van der Waals surface area contributed by atoms with Gasteiger partial charge in [0.05, 0.1) is 12.0 Å². The number of hydrogen-bond acceptors (Lipinski definition) is 6. The van der Waals surface area contributed by atoms with Gasteiger partial charge in [-0.25, -0.2) is 9.78 Å². The van der Waals surface area contributed by atoms with E-state index in [2.05, 4.69) is 4.98 Å². The number of aromatic carboxylic acids is 1. The van der Waals surface area contributed by atoms with E-state index in [1.54, 1.807) is 14.0 Å². The van der Waals surface area contributed by atoms with Crippen molar-refractivity contribution in [2.24, 2.45) is 0 Å². The number of rotatable bonds is 7. The maximum absolute atomic E-state index is 12.8. The lowest BCUT2D eigenvalue weighted by atomic mass is 10.2. The Morgan fingerprint density at radius 1 is 1.39 bits per heavy atom. The number of aryl methyl sites for hydroxylation is 1. The van der Waals surface area contributed by atoms with Crippen molar-refractivity contribution in [3.63, 3.8) is 0 Å². The van der Waals surface area contributed by atoms with E-state index in [1.165, 1.54) is 11.5 Å². The summed E-state index contributed by atoms with van der Waals surface area (Å²) in [6.45, 7) is 3.68. The molecule has 0 atom stereocenters. The monoisotopic (exact) mass is 338 g/mol. The predicted octanol–water partition coefficient (Wildman–Crippen LogP) is 1.63. The Bertz CT molecular complexity index is 821. The Morgan fingerprint density at radius 2 is 2.09 bits per heavy atom. The summed E-state index contributed by atoms with van der Waals surface area (Å²) >= 11 is 0.995. The van der Waals surface area contributed by atoms with E-state index in [0.717, 1.165) is 11.3 Å². The first kappa shape index (κ1) is 17.3. The zero-order valence-electron chi connectivity index (χ0n) is 13.2. The average molecular weight is 338 g/mol. The van der Waals surface area contributed by atoms with E-state index < -0.39 is 5.97 Å². The summed E-state index contributed by atoms with van der Waals surface area (Å²) in [6, 6.07) is 0. The van der Waals surface area contributed by atoms with Crippen molar-refractivity contribution >= 4 is 33.3 Å². The maximum atomic E-state index is 12.8. The summed E-state index contributed by atoms with van der Waals surface area (Å²) in [5.74, 6) is -0.592. The van der Waals surface area contributed by atoms with E-state index in [-0.39, 0.29) is 29.2 Å². The van der Waals surface area contributed by atoms with Gasteiger partial charge in [0, 0.05) is 26.5 Å². The van der Waals surface area contributed by atoms with Crippen LogP contribution in [0.4, 0.5) is 0 Å². The standard InChI is InChI=1S/C15H18N2O5S/c1-8(18)4-6-17-10(5-7-22-3)16-13-11(14(17)19)9(2)12(23-13)15(20)21/h4-7H2,1-3H3,(H,20,21). The molecule has 2 rings (SSSR count). The van der Waals surface area contributed by atoms with Crippen molar-refractivity contribution in [1.82, 2.24) is 9.55 Å². The van der Waals surface area contributed by atoms with E-state index in [1.807, 2.05) is 0 Å². The van der Waals surface area contributed by atoms with Gasteiger partial charge in [0.25, 0.3) is 5.56 Å². The second-order valence-corrected chi connectivity index (χ2v) is 6.22. The number of methoxy groups -OCH3 is 1. The van der Waals surface area contributed by atoms with Gasteiger partial charge in [-0.15, -0.1) is 11.3 Å². The van der Waals surface area contributed by atoms with Crippen LogP contribution in [0.5, 0.6) is 0 Å². The summed E-state index contributed by atoms with van der Waals surface area (Å²) in [4.78, 5) is 40.2. The molecule has 124 valence electrons. The van der Waals surface area contributed by atoms with Crippen molar-refractivity contribution < 1.29 is 19.4 Å². The molecule has 2 aromatic rings. The number of Topliss-reactive ketones (excluding diaryl/α,β-unsaturated/α-hetero) is 1. The van der Waals surface area contributed by atoms with Crippen LogP contribution < -0.4 is 5.56 Å². The molecular weight excluding hydrogens is 320 g/mol. The van der Waals surface area contributed by atoms with E-state index >= 15 is 0 Å². The van der Waals surface area contributed by atoms with Gasteiger partial charge in [0.1, 0.15) is 21.3 Å². The third kappa shape index (κ3) is 3.48. The number of carboxylic acid groups (broad SMARTS) is 1. The number of fused-ring (bicyclic) bond motifs is 1. The average Bonchev–Trinajstić information content (AvgIpc) is 2.81. The fourth-order valence-electron chi connectivity index (χ4n) is 2.35. The Kier molecular flexibility index (Phi) is 5.27. The summed E-state index contributed by atoms with van der Waals surface area (Å²) in [7, 11) is 1.55. The summed E-state index contributed by atoms with van der Waals surface area (Å²) in [5, 5.41) is 9.54. The van der Waals surface area contributed by atoms with Crippen LogP contribution in [-0.4, -0.2) is 40.1 Å². The van der Waals surface area contributed by atoms with Crippen LogP contribution >= 0.6 is 11.3 Å². The van der Waals surface area contributed by atoms with Gasteiger partial charge >= 0.3 is 5.97 Å². The fraction of sp³-hybridized carbons (Fsp3) is 0.467. The molecule has 0 saturated heterocycles. The van der Waals surface area contributed by atoms with Gasteiger partial charge < -0.3 is 9.84 Å². The lowest BCUT2D eigenvalue weighted by Crippen LogP contribution is -2.27. The van der Waals surface area contributed by atoms with Crippen molar-refractivity contribution in [2.45, 2.75) is 33.2 Å². The van der Waals surface area contributed by atoms with Gasteiger partial charge in [-0.05, 0) is 19.4 Å². The Labute approximate surface area is 136 Å². The molecule has 0 saturated carbocycles. The molecule has 1 N–H and O–H groups in total. The molecule has 0 bridgehead atoms. The Hall–Kier alpha value is -2.06. The van der Waals surface area contributed by atoms with Crippen LogP contribution in [0.1, 0.15) is 34.4 Å². The number of ketones is 1. The summed E-state index contributed by atoms with van der Waals surface area (Å²) in [6.07, 6.45) is 0.640. The maximum Gasteiger partial charge on any atom is 0.346 e. The topological polar surface area (TPSA) is 98.5 Å². The second-order valence-electron chi connectivity index (χ2n) is 5.22. The van der Waals surface area contributed by atoms with E-state index in [9.17, 15) is 19.5 Å². The highest BCUT2D eigenvalue weighted by molar-refractivity contribution is 7.20. The van der Waals surface area contributed by atoms with Crippen molar-refractivity contribution in [2.75, 3.05) is 13.7 Å². The highest BCUT2D eigenvalue weighted by Crippen LogP contribution is 2.27. The number of ether oxygens (including phenoxy) is 1. The molecule has 8 heteroatoms. The molecule has 0 radical (unpaired) electrons. The number of aromatic nitrogens is 2. The number of carbonyl (C=O) groups excluding carboxylic acids is 1. The van der Waals surface area contributed by atoms with Gasteiger partial charge in [-0.2, -0.15) is 0 Å². The number of thiophene rings is 1. The molecule has 0 amide bonds. The first-order valence-corrected chi connectivity index (χ1v) is 7.93. The molecule has 23 heavy (non-hydrogen) atoms. The van der Waals surface area contributed by atoms with Crippen molar-refractivity contribution in [3.8, 4) is 0 Å². The lowest BCUT2D eigenvalue weighted by Gasteiger charge is -2.11. The first-order chi connectivity index (χ1) is 10.9. The van der Waals surface area contributed by atoms with Crippen molar-refractivity contribution in [3.05, 3.63) is 26.6 Å². The summed E-state index contributed by atoms with van der Waals surface area (Å²) in [5.41, 5.74) is 0.119. The fourth-order valence-corrected chi connectivity index (χ4v) is 3.38. The zero-order valence-corrected chi connectivity index (χ0v) is 14.0. The smallest absolute Gasteiger partial charge is 0.346 e. The molecule has 2 aromatic heterocycles. The Morgan fingerprint density at radius 3 is 2.65 bits per heavy atom. The van der Waals surface area contributed by atoms with Crippen LogP contribution in [0.15, 0.2) is 4.79 Å². The number of carboxylic acids is 1. The molecule has 7 nitrogen and oxygen atoms in total. The highest BCUT2D eigenvalue weighted by Gasteiger charge is 2.21. The Balaban J connectivity index is 2.65. The SMILES string of the molecule is COCCc1nc2sc(C(=O)O)c(C)c2c(=O)n1CCC(C)=O. The highest BCUT2D eigenvalue weighted by atomic mass is 32.1. The minimum atomic E-state index is -1.07. The first-order valence-electron chi connectivity index (χ1n) is 7.11. The van der Waals surface area contributed by atoms with Crippen LogP contribution in [0, 0.1) is 6.92 Å². The number of hydrogen-bond donors (Lipinski definition) is 1. The van der Waals surface area contributed by atoms with Crippen LogP contribution in [0.3, 0.4) is 0 Å².